The topological polar surface area (TPSA) is 30.0 Å². The molecule has 0 saturated heterocycles. The van der Waals surface area contributed by atoms with Crippen molar-refractivity contribution in [1.82, 2.24) is 4.98 Å². The first-order valence-corrected chi connectivity index (χ1v) is 6.64. The maximum Gasteiger partial charge on any atom is 0.204 e. The van der Waals surface area contributed by atoms with Gasteiger partial charge in [0, 0.05) is 17.1 Å². The van der Waals surface area contributed by atoms with Gasteiger partial charge in [0.05, 0.1) is 15.4 Å². The lowest BCUT2D eigenvalue weighted by Crippen LogP contribution is -1.99. The predicted octanol–water partition coefficient (Wildman–Crippen LogP) is 4.18. The molecule has 0 fully saturated rings. The van der Waals surface area contributed by atoms with Crippen LogP contribution in [0.5, 0.6) is 0 Å². The molecular weight excluding hydrogens is 266 g/mol. The third-order valence-corrected chi connectivity index (χ3v) is 4.03. The van der Waals surface area contributed by atoms with Gasteiger partial charge in [-0.1, -0.05) is 29.8 Å². The van der Waals surface area contributed by atoms with Gasteiger partial charge in [-0.05, 0) is 23.6 Å². The van der Waals surface area contributed by atoms with Crippen molar-refractivity contribution in [3.05, 3.63) is 63.4 Å². The minimum absolute atomic E-state index is 0.0532. The minimum Gasteiger partial charge on any atom is -0.288 e. The maximum atomic E-state index is 12.3. The molecular formula is C14H8ClNOS. The standard InChI is InChI=1S/C14H8ClNOS/c15-11-5-7-18-14(11)13(17)10-4-3-9-2-1-6-16-12(9)8-10/h1-8H. The number of benzene rings is 1. The number of thiophene rings is 1. The zero-order valence-electron chi connectivity index (χ0n) is 9.26. The van der Waals surface area contributed by atoms with Crippen LogP contribution in [0.15, 0.2) is 48.0 Å². The summed E-state index contributed by atoms with van der Waals surface area (Å²) in [6, 6.07) is 11.1. The molecule has 4 heteroatoms. The van der Waals surface area contributed by atoms with Crippen molar-refractivity contribution in [2.45, 2.75) is 0 Å². The van der Waals surface area contributed by atoms with Crippen LogP contribution in [-0.4, -0.2) is 10.8 Å². The first-order valence-electron chi connectivity index (χ1n) is 5.38. The van der Waals surface area contributed by atoms with E-state index in [9.17, 15) is 4.79 Å². The van der Waals surface area contributed by atoms with E-state index >= 15 is 0 Å². The third-order valence-electron chi connectivity index (χ3n) is 2.69. The SMILES string of the molecule is O=C(c1ccc2cccnc2c1)c1sccc1Cl. The van der Waals surface area contributed by atoms with Crippen molar-refractivity contribution < 1.29 is 4.79 Å². The Hall–Kier alpha value is -1.71. The molecule has 2 aromatic heterocycles. The minimum atomic E-state index is -0.0532. The molecule has 18 heavy (non-hydrogen) atoms. The monoisotopic (exact) mass is 273 g/mol. The van der Waals surface area contributed by atoms with Crippen LogP contribution in [0.3, 0.4) is 0 Å². The zero-order valence-corrected chi connectivity index (χ0v) is 10.8. The molecule has 0 bridgehead atoms. The van der Waals surface area contributed by atoms with Crippen LogP contribution in [0.1, 0.15) is 15.2 Å². The van der Waals surface area contributed by atoms with Crippen molar-refractivity contribution in [2.24, 2.45) is 0 Å². The van der Waals surface area contributed by atoms with Gasteiger partial charge in [-0.2, -0.15) is 0 Å². The van der Waals surface area contributed by atoms with Crippen molar-refractivity contribution in [3.63, 3.8) is 0 Å². The van der Waals surface area contributed by atoms with Crippen molar-refractivity contribution >= 4 is 39.6 Å². The van der Waals surface area contributed by atoms with E-state index in [2.05, 4.69) is 4.98 Å². The molecule has 0 spiro atoms. The fraction of sp³-hybridized carbons (Fsp3) is 0. The van der Waals surface area contributed by atoms with Gasteiger partial charge in [-0.3, -0.25) is 9.78 Å². The van der Waals surface area contributed by atoms with Gasteiger partial charge >= 0.3 is 0 Å². The molecule has 88 valence electrons. The highest BCUT2D eigenvalue weighted by Gasteiger charge is 2.14. The van der Waals surface area contributed by atoms with Gasteiger partial charge in [0.15, 0.2) is 0 Å². The number of nitrogens with zero attached hydrogens (tertiary/aromatic N) is 1. The number of hydrogen-bond acceptors (Lipinski definition) is 3. The summed E-state index contributed by atoms with van der Waals surface area (Å²) in [5.74, 6) is -0.0532. The molecule has 0 N–H and O–H groups in total. The fourth-order valence-electron chi connectivity index (χ4n) is 1.79. The van der Waals surface area contributed by atoms with E-state index < -0.39 is 0 Å². The molecule has 0 atom stereocenters. The summed E-state index contributed by atoms with van der Waals surface area (Å²) in [7, 11) is 0. The Labute approximate surface area is 113 Å². The first-order chi connectivity index (χ1) is 8.75. The predicted molar refractivity (Wildman–Crippen MR) is 74.5 cm³/mol. The van der Waals surface area contributed by atoms with Crippen LogP contribution in [0, 0.1) is 0 Å². The van der Waals surface area contributed by atoms with E-state index in [-0.39, 0.29) is 5.78 Å². The van der Waals surface area contributed by atoms with Gasteiger partial charge in [-0.25, -0.2) is 0 Å². The van der Waals surface area contributed by atoms with Crippen LogP contribution in [-0.2, 0) is 0 Å². The number of carbonyl (C=O) groups excluding carboxylic acids is 1. The van der Waals surface area contributed by atoms with Gasteiger partial charge in [0.2, 0.25) is 5.78 Å². The number of carbonyl (C=O) groups is 1. The highest BCUT2D eigenvalue weighted by atomic mass is 35.5. The summed E-state index contributed by atoms with van der Waals surface area (Å²) >= 11 is 7.33. The summed E-state index contributed by atoms with van der Waals surface area (Å²) in [6.07, 6.45) is 1.72. The number of hydrogen-bond donors (Lipinski definition) is 0. The van der Waals surface area contributed by atoms with E-state index in [1.165, 1.54) is 11.3 Å². The molecule has 0 saturated carbocycles. The van der Waals surface area contributed by atoms with Gasteiger partial charge in [-0.15, -0.1) is 11.3 Å². The largest absolute Gasteiger partial charge is 0.288 e. The lowest BCUT2D eigenvalue weighted by atomic mass is 10.1. The Kier molecular flexibility index (Phi) is 2.86. The Morgan fingerprint density at radius 2 is 2.11 bits per heavy atom. The summed E-state index contributed by atoms with van der Waals surface area (Å²) in [6.45, 7) is 0. The molecule has 0 aliphatic carbocycles. The second kappa shape index (κ2) is 4.52. The number of rotatable bonds is 2. The Balaban J connectivity index is 2.10. The van der Waals surface area contributed by atoms with E-state index in [0.29, 0.717) is 15.5 Å². The molecule has 1 aromatic carbocycles. The highest BCUT2D eigenvalue weighted by Crippen LogP contribution is 2.26. The number of pyridine rings is 1. The Bertz CT molecular complexity index is 735. The lowest BCUT2D eigenvalue weighted by Gasteiger charge is -2.01. The summed E-state index contributed by atoms with van der Waals surface area (Å²) in [4.78, 5) is 17.1. The number of aromatic nitrogens is 1. The van der Waals surface area contributed by atoms with E-state index in [1.54, 1.807) is 18.3 Å². The number of ketones is 1. The first kappa shape index (κ1) is 11.4. The number of halogens is 1. The molecule has 0 aliphatic rings. The van der Waals surface area contributed by atoms with Gasteiger partial charge in [0.1, 0.15) is 0 Å². The number of fused-ring (bicyclic) bond motifs is 1. The van der Waals surface area contributed by atoms with E-state index in [0.717, 1.165) is 10.9 Å². The molecule has 2 nitrogen and oxygen atoms in total. The van der Waals surface area contributed by atoms with Gasteiger partial charge in [0.25, 0.3) is 0 Å². The average molecular weight is 274 g/mol. The second-order valence-electron chi connectivity index (χ2n) is 3.84. The Morgan fingerprint density at radius 3 is 2.89 bits per heavy atom. The fourth-order valence-corrected chi connectivity index (χ4v) is 2.90. The molecule has 0 amide bonds. The van der Waals surface area contributed by atoms with Crippen molar-refractivity contribution in [2.75, 3.05) is 0 Å². The summed E-state index contributed by atoms with van der Waals surface area (Å²) < 4.78 is 0. The molecule has 0 aliphatic heterocycles. The van der Waals surface area contributed by atoms with Crippen molar-refractivity contribution in [3.8, 4) is 0 Å². The zero-order chi connectivity index (χ0) is 12.5. The van der Waals surface area contributed by atoms with Crippen LogP contribution in [0.25, 0.3) is 10.9 Å². The summed E-state index contributed by atoms with van der Waals surface area (Å²) in [5.41, 5.74) is 1.43. The third kappa shape index (κ3) is 1.92. The Morgan fingerprint density at radius 1 is 1.22 bits per heavy atom. The normalized spacial score (nSPS) is 10.7. The highest BCUT2D eigenvalue weighted by molar-refractivity contribution is 7.13. The van der Waals surface area contributed by atoms with Crippen LogP contribution < -0.4 is 0 Å². The van der Waals surface area contributed by atoms with Crippen LogP contribution in [0.4, 0.5) is 0 Å². The van der Waals surface area contributed by atoms with Gasteiger partial charge < -0.3 is 0 Å². The van der Waals surface area contributed by atoms with E-state index in [1.807, 2.05) is 29.6 Å². The molecule has 2 heterocycles. The summed E-state index contributed by atoms with van der Waals surface area (Å²) in [5, 5.41) is 3.34. The van der Waals surface area contributed by atoms with Crippen molar-refractivity contribution in [1.29, 1.82) is 0 Å². The second-order valence-corrected chi connectivity index (χ2v) is 5.16. The quantitative estimate of drug-likeness (QED) is 0.656. The lowest BCUT2D eigenvalue weighted by molar-refractivity contribution is 0.104. The smallest absolute Gasteiger partial charge is 0.204 e. The molecule has 3 aromatic rings. The molecule has 0 unspecified atom stereocenters. The maximum absolute atomic E-state index is 12.3. The molecule has 0 radical (unpaired) electrons. The average Bonchev–Trinajstić information content (AvgIpc) is 2.83. The van der Waals surface area contributed by atoms with E-state index in [4.69, 9.17) is 11.6 Å². The van der Waals surface area contributed by atoms with Crippen LogP contribution >= 0.6 is 22.9 Å². The van der Waals surface area contributed by atoms with Crippen LogP contribution in [0.2, 0.25) is 5.02 Å². The molecule has 3 rings (SSSR count).